The number of thiocarbonyl (C=S) groups is 1. The van der Waals surface area contributed by atoms with Crippen molar-refractivity contribution in [2.45, 2.75) is 38.5 Å². The molecule has 0 bridgehead atoms. The standard InChI is InChI=1S/C23H23N3O4S/c1-14-11-16(7-10-18(14)24-4)25-21(28)23(2,3)26(22(25)31)15-5-8-17(9-6-15)30-20-13-29-12-19(20)27/h5-11,19-20,27H,12-13H2,1-3H3/t19-,20-/m1/s1. The zero-order valence-electron chi connectivity index (χ0n) is 17.5. The number of aryl methyl sites for hydroxylation is 1. The van der Waals surface area contributed by atoms with E-state index in [4.69, 9.17) is 28.3 Å². The Labute approximate surface area is 186 Å². The highest BCUT2D eigenvalue weighted by molar-refractivity contribution is 7.81. The highest BCUT2D eigenvalue weighted by atomic mass is 32.1. The Morgan fingerprint density at radius 2 is 1.87 bits per heavy atom. The predicted molar refractivity (Wildman–Crippen MR) is 122 cm³/mol. The fourth-order valence-electron chi connectivity index (χ4n) is 3.84. The molecule has 2 aliphatic heterocycles. The maximum atomic E-state index is 13.3. The van der Waals surface area contributed by atoms with E-state index < -0.39 is 17.7 Å². The molecule has 1 amide bonds. The Balaban J connectivity index is 1.61. The van der Waals surface area contributed by atoms with Gasteiger partial charge in [-0.15, -0.1) is 0 Å². The summed E-state index contributed by atoms with van der Waals surface area (Å²) in [5.74, 6) is 0.466. The van der Waals surface area contributed by atoms with Gasteiger partial charge in [0.1, 0.15) is 23.5 Å². The molecule has 0 aromatic heterocycles. The normalized spacial score (nSPS) is 22.7. The van der Waals surface area contributed by atoms with E-state index in [1.165, 1.54) is 4.90 Å². The summed E-state index contributed by atoms with van der Waals surface area (Å²) >= 11 is 5.71. The summed E-state index contributed by atoms with van der Waals surface area (Å²) in [6.07, 6.45) is -1.04. The quantitative estimate of drug-likeness (QED) is 0.582. The van der Waals surface area contributed by atoms with E-state index in [0.29, 0.717) is 28.8 Å². The average molecular weight is 438 g/mol. The van der Waals surface area contributed by atoms with Crippen molar-refractivity contribution < 1.29 is 19.4 Å². The van der Waals surface area contributed by atoms with Crippen LogP contribution in [0.25, 0.3) is 4.85 Å². The number of amides is 1. The van der Waals surface area contributed by atoms with Crippen LogP contribution in [0.4, 0.5) is 17.1 Å². The van der Waals surface area contributed by atoms with Crippen LogP contribution in [0.15, 0.2) is 42.5 Å². The van der Waals surface area contributed by atoms with Crippen LogP contribution in [0.3, 0.4) is 0 Å². The van der Waals surface area contributed by atoms with Crippen molar-refractivity contribution in [3.8, 4) is 5.75 Å². The largest absolute Gasteiger partial charge is 0.485 e. The lowest BCUT2D eigenvalue weighted by atomic mass is 10.0. The molecule has 2 aromatic rings. The molecule has 2 aromatic carbocycles. The molecule has 2 fully saturated rings. The number of carbonyl (C=O) groups is 1. The first-order chi connectivity index (χ1) is 14.7. The van der Waals surface area contributed by atoms with Gasteiger partial charge in [-0.05, 0) is 75.0 Å². The highest BCUT2D eigenvalue weighted by Crippen LogP contribution is 2.38. The molecule has 7 nitrogen and oxygen atoms in total. The van der Waals surface area contributed by atoms with Gasteiger partial charge in [-0.3, -0.25) is 9.69 Å². The molecule has 31 heavy (non-hydrogen) atoms. The summed E-state index contributed by atoms with van der Waals surface area (Å²) < 4.78 is 11.0. The van der Waals surface area contributed by atoms with Crippen molar-refractivity contribution >= 4 is 40.3 Å². The maximum absolute atomic E-state index is 13.3. The molecule has 0 spiro atoms. The van der Waals surface area contributed by atoms with E-state index in [1.54, 1.807) is 24.3 Å². The first-order valence-electron chi connectivity index (χ1n) is 9.93. The number of hydrogen-bond acceptors (Lipinski definition) is 5. The summed E-state index contributed by atoms with van der Waals surface area (Å²) in [7, 11) is 0. The molecule has 8 heteroatoms. The van der Waals surface area contributed by atoms with Crippen molar-refractivity contribution in [3.05, 3.63) is 59.4 Å². The van der Waals surface area contributed by atoms with Gasteiger partial charge in [0, 0.05) is 11.4 Å². The topological polar surface area (TPSA) is 66.6 Å². The van der Waals surface area contributed by atoms with Crippen molar-refractivity contribution in [3.63, 3.8) is 0 Å². The molecule has 0 saturated carbocycles. The lowest BCUT2D eigenvalue weighted by molar-refractivity contribution is -0.120. The average Bonchev–Trinajstić information content (AvgIpc) is 3.21. The molecule has 160 valence electrons. The Bertz CT molecular complexity index is 1080. The molecule has 0 unspecified atom stereocenters. The summed E-state index contributed by atoms with van der Waals surface area (Å²) in [6, 6.07) is 12.5. The first kappa shape index (κ1) is 21.2. The van der Waals surface area contributed by atoms with Crippen molar-refractivity contribution in [2.75, 3.05) is 23.0 Å². The third-order valence-electron chi connectivity index (χ3n) is 5.61. The zero-order valence-corrected chi connectivity index (χ0v) is 18.3. The number of benzene rings is 2. The molecule has 2 aliphatic rings. The van der Waals surface area contributed by atoms with Crippen LogP contribution in [-0.4, -0.2) is 47.1 Å². The van der Waals surface area contributed by atoms with Gasteiger partial charge in [-0.2, -0.15) is 0 Å². The van der Waals surface area contributed by atoms with Crippen LogP contribution in [0.1, 0.15) is 19.4 Å². The van der Waals surface area contributed by atoms with E-state index >= 15 is 0 Å². The maximum Gasteiger partial charge on any atom is 0.259 e. The molecule has 2 atom stereocenters. The van der Waals surface area contributed by atoms with Gasteiger partial charge in [-0.25, -0.2) is 4.85 Å². The molecule has 2 heterocycles. The van der Waals surface area contributed by atoms with Crippen LogP contribution in [0.5, 0.6) is 5.75 Å². The second kappa shape index (κ2) is 7.93. The van der Waals surface area contributed by atoms with Gasteiger partial charge in [0.2, 0.25) is 0 Å². The predicted octanol–water partition coefficient (Wildman–Crippen LogP) is 3.60. The van der Waals surface area contributed by atoms with Crippen LogP contribution in [-0.2, 0) is 9.53 Å². The smallest absolute Gasteiger partial charge is 0.259 e. The minimum Gasteiger partial charge on any atom is -0.485 e. The summed E-state index contributed by atoms with van der Waals surface area (Å²) in [4.78, 5) is 20.1. The van der Waals surface area contributed by atoms with Crippen LogP contribution in [0, 0.1) is 13.5 Å². The number of rotatable bonds is 4. The van der Waals surface area contributed by atoms with Crippen molar-refractivity contribution in [1.29, 1.82) is 0 Å². The first-order valence-corrected chi connectivity index (χ1v) is 10.3. The molecular weight excluding hydrogens is 414 g/mol. The van der Waals surface area contributed by atoms with Crippen molar-refractivity contribution in [2.24, 2.45) is 0 Å². The van der Waals surface area contributed by atoms with Gasteiger partial charge in [0.25, 0.3) is 5.91 Å². The molecule has 1 N–H and O–H groups in total. The van der Waals surface area contributed by atoms with E-state index in [0.717, 1.165) is 11.3 Å². The van der Waals surface area contributed by atoms with Gasteiger partial charge in [0.15, 0.2) is 10.8 Å². The van der Waals surface area contributed by atoms with Crippen LogP contribution in [0.2, 0.25) is 0 Å². The van der Waals surface area contributed by atoms with Gasteiger partial charge in [-0.1, -0.05) is 6.07 Å². The lowest BCUT2D eigenvalue weighted by Gasteiger charge is -2.29. The fourth-order valence-corrected chi connectivity index (χ4v) is 4.37. The number of nitrogens with zero attached hydrogens (tertiary/aromatic N) is 3. The SMILES string of the molecule is [C-]#[N+]c1ccc(N2C(=O)C(C)(C)N(c3ccc(O[C@@H]4COC[C@H]4O)cc3)C2=S)cc1C. The molecule has 4 rings (SSSR count). The third kappa shape index (κ3) is 3.65. The summed E-state index contributed by atoms with van der Waals surface area (Å²) in [5.41, 5.74) is 1.85. The number of ether oxygens (including phenoxy) is 2. The Morgan fingerprint density at radius 1 is 1.19 bits per heavy atom. The molecule has 0 radical (unpaired) electrons. The number of aliphatic hydroxyl groups excluding tert-OH is 1. The van der Waals surface area contributed by atoms with E-state index in [1.807, 2.05) is 43.9 Å². The van der Waals surface area contributed by atoms with Crippen LogP contribution >= 0.6 is 12.2 Å². The second-order valence-corrected chi connectivity index (χ2v) is 8.52. The highest BCUT2D eigenvalue weighted by Gasteiger charge is 2.50. The summed E-state index contributed by atoms with van der Waals surface area (Å²) in [5, 5.41) is 10.2. The zero-order chi connectivity index (χ0) is 22.3. The number of hydrogen-bond donors (Lipinski definition) is 1. The minimum absolute atomic E-state index is 0.140. The van der Waals surface area contributed by atoms with Gasteiger partial charge in [0.05, 0.1) is 19.8 Å². The Hall–Kier alpha value is -2.99. The van der Waals surface area contributed by atoms with Gasteiger partial charge < -0.3 is 19.5 Å². The van der Waals surface area contributed by atoms with Crippen LogP contribution < -0.4 is 14.5 Å². The molecular formula is C23H23N3O4S. The molecule has 2 saturated heterocycles. The number of anilines is 2. The molecule has 0 aliphatic carbocycles. The Morgan fingerprint density at radius 3 is 2.45 bits per heavy atom. The number of carbonyl (C=O) groups excluding carboxylic acids is 1. The van der Waals surface area contributed by atoms with E-state index in [9.17, 15) is 9.90 Å². The minimum atomic E-state index is -0.888. The number of aliphatic hydroxyl groups is 1. The van der Waals surface area contributed by atoms with Gasteiger partial charge >= 0.3 is 0 Å². The van der Waals surface area contributed by atoms with Crippen molar-refractivity contribution in [1.82, 2.24) is 0 Å². The third-order valence-corrected chi connectivity index (χ3v) is 5.97. The van der Waals surface area contributed by atoms with E-state index in [-0.39, 0.29) is 12.5 Å². The summed E-state index contributed by atoms with van der Waals surface area (Å²) in [6.45, 7) is 13.4. The second-order valence-electron chi connectivity index (χ2n) is 8.16. The Kier molecular flexibility index (Phi) is 5.43. The lowest BCUT2D eigenvalue weighted by Crippen LogP contribution is -2.44. The monoisotopic (exact) mass is 437 g/mol. The van der Waals surface area contributed by atoms with E-state index in [2.05, 4.69) is 4.85 Å². The fraction of sp³-hybridized carbons (Fsp3) is 0.348.